The standard InChI is InChI=1S/C15H30N4O/c1-12-6-5-7-13(2)19(12)16-14-8-10-18(11-9-14)15(20)17(3)4/h12-14,16H,5-11H2,1-4H3. The first kappa shape index (κ1) is 15.6. The number of carbonyl (C=O) groups is 1. The van der Waals surface area contributed by atoms with Gasteiger partial charge in [-0.05, 0) is 39.5 Å². The van der Waals surface area contributed by atoms with Crippen molar-refractivity contribution in [1.29, 1.82) is 0 Å². The Hall–Kier alpha value is -0.810. The zero-order valence-corrected chi connectivity index (χ0v) is 13.4. The highest BCUT2D eigenvalue weighted by molar-refractivity contribution is 5.73. The van der Waals surface area contributed by atoms with Gasteiger partial charge in [-0.15, -0.1) is 0 Å². The van der Waals surface area contributed by atoms with Crippen molar-refractivity contribution in [1.82, 2.24) is 20.2 Å². The molecule has 20 heavy (non-hydrogen) atoms. The van der Waals surface area contributed by atoms with Crippen LogP contribution in [0.25, 0.3) is 0 Å². The van der Waals surface area contributed by atoms with Gasteiger partial charge in [-0.25, -0.2) is 9.80 Å². The Labute approximate surface area is 123 Å². The van der Waals surface area contributed by atoms with E-state index in [-0.39, 0.29) is 6.03 Å². The van der Waals surface area contributed by atoms with Gasteiger partial charge in [0.15, 0.2) is 0 Å². The summed E-state index contributed by atoms with van der Waals surface area (Å²) >= 11 is 0. The number of hydrogen-bond donors (Lipinski definition) is 1. The number of hydrazine groups is 1. The number of rotatable bonds is 2. The first-order chi connectivity index (χ1) is 9.49. The maximum atomic E-state index is 11.9. The fraction of sp³-hybridized carbons (Fsp3) is 0.933. The van der Waals surface area contributed by atoms with Crippen LogP contribution in [0, 0.1) is 0 Å². The van der Waals surface area contributed by atoms with Crippen LogP contribution in [0.5, 0.6) is 0 Å². The zero-order valence-electron chi connectivity index (χ0n) is 13.4. The minimum atomic E-state index is 0.142. The zero-order chi connectivity index (χ0) is 14.7. The highest BCUT2D eigenvalue weighted by Crippen LogP contribution is 2.22. The van der Waals surface area contributed by atoms with Crippen LogP contribution in [-0.4, -0.2) is 66.2 Å². The van der Waals surface area contributed by atoms with E-state index in [0.717, 1.165) is 25.9 Å². The van der Waals surface area contributed by atoms with Crippen LogP contribution < -0.4 is 5.43 Å². The molecule has 2 aliphatic heterocycles. The third-order valence-electron chi connectivity index (χ3n) is 4.67. The lowest BCUT2D eigenvalue weighted by Crippen LogP contribution is -2.58. The molecule has 0 aromatic rings. The molecule has 116 valence electrons. The Morgan fingerprint density at radius 3 is 2.10 bits per heavy atom. The number of carbonyl (C=O) groups excluding carboxylic acids is 1. The molecule has 0 saturated carbocycles. The largest absolute Gasteiger partial charge is 0.331 e. The Kier molecular flexibility index (Phi) is 5.27. The van der Waals surface area contributed by atoms with Gasteiger partial charge in [-0.3, -0.25) is 5.43 Å². The van der Waals surface area contributed by atoms with E-state index in [9.17, 15) is 4.79 Å². The van der Waals surface area contributed by atoms with Crippen LogP contribution in [0.2, 0.25) is 0 Å². The van der Waals surface area contributed by atoms with Crippen molar-refractivity contribution in [3.8, 4) is 0 Å². The highest BCUT2D eigenvalue weighted by atomic mass is 16.2. The number of nitrogens with one attached hydrogen (secondary N) is 1. The van der Waals surface area contributed by atoms with Crippen LogP contribution in [0.15, 0.2) is 0 Å². The summed E-state index contributed by atoms with van der Waals surface area (Å²) in [4.78, 5) is 15.5. The lowest BCUT2D eigenvalue weighted by molar-refractivity contribution is 0.0180. The lowest BCUT2D eigenvalue weighted by atomic mass is 9.99. The molecule has 2 rings (SSSR count). The van der Waals surface area contributed by atoms with E-state index in [1.165, 1.54) is 19.3 Å². The summed E-state index contributed by atoms with van der Waals surface area (Å²) in [6.07, 6.45) is 6.02. The van der Waals surface area contributed by atoms with E-state index >= 15 is 0 Å². The number of hydrogen-bond acceptors (Lipinski definition) is 3. The van der Waals surface area contributed by atoms with Crippen molar-refractivity contribution in [3.05, 3.63) is 0 Å². The molecule has 2 amide bonds. The molecule has 2 saturated heterocycles. The van der Waals surface area contributed by atoms with E-state index in [2.05, 4.69) is 24.3 Å². The molecule has 0 aliphatic carbocycles. The minimum Gasteiger partial charge on any atom is -0.331 e. The second-order valence-electron chi connectivity index (χ2n) is 6.60. The van der Waals surface area contributed by atoms with Crippen molar-refractivity contribution < 1.29 is 4.79 Å². The molecule has 2 aliphatic rings. The van der Waals surface area contributed by atoms with Crippen LogP contribution in [0.4, 0.5) is 4.79 Å². The van der Waals surface area contributed by atoms with Gasteiger partial charge >= 0.3 is 6.03 Å². The Bertz CT molecular complexity index is 316. The summed E-state index contributed by atoms with van der Waals surface area (Å²) in [5.41, 5.74) is 3.73. The topological polar surface area (TPSA) is 38.8 Å². The summed E-state index contributed by atoms with van der Waals surface area (Å²) in [6.45, 7) is 6.36. The highest BCUT2D eigenvalue weighted by Gasteiger charge is 2.29. The second-order valence-corrected chi connectivity index (χ2v) is 6.60. The first-order valence-electron chi connectivity index (χ1n) is 7.99. The number of piperidine rings is 2. The Morgan fingerprint density at radius 1 is 1.05 bits per heavy atom. The van der Waals surface area contributed by atoms with Crippen LogP contribution in [-0.2, 0) is 0 Å². The molecule has 5 heteroatoms. The van der Waals surface area contributed by atoms with E-state index in [1.807, 2.05) is 19.0 Å². The van der Waals surface area contributed by atoms with E-state index in [4.69, 9.17) is 0 Å². The van der Waals surface area contributed by atoms with Gasteiger partial charge in [0.05, 0.1) is 0 Å². The number of likely N-dealkylation sites (tertiary alicyclic amines) is 1. The number of amides is 2. The average molecular weight is 282 g/mol. The van der Waals surface area contributed by atoms with Crippen LogP contribution >= 0.6 is 0 Å². The quantitative estimate of drug-likeness (QED) is 0.841. The summed E-state index contributed by atoms with van der Waals surface area (Å²) in [5.74, 6) is 0. The molecule has 0 bridgehead atoms. The molecule has 0 radical (unpaired) electrons. The predicted octanol–water partition coefficient (Wildman–Crippen LogP) is 1.90. The molecule has 0 spiro atoms. The van der Waals surface area contributed by atoms with E-state index in [0.29, 0.717) is 18.1 Å². The summed E-state index contributed by atoms with van der Waals surface area (Å²) in [6, 6.07) is 1.91. The fourth-order valence-corrected chi connectivity index (χ4v) is 3.37. The smallest absolute Gasteiger partial charge is 0.319 e. The molecule has 0 aromatic carbocycles. The molecular weight excluding hydrogens is 252 g/mol. The molecule has 2 fully saturated rings. The molecule has 2 atom stereocenters. The van der Waals surface area contributed by atoms with Crippen molar-refractivity contribution in [2.75, 3.05) is 27.2 Å². The summed E-state index contributed by atoms with van der Waals surface area (Å²) in [5, 5.41) is 2.46. The number of nitrogens with zero attached hydrogens (tertiary/aromatic N) is 3. The van der Waals surface area contributed by atoms with Gasteiger partial charge in [-0.1, -0.05) is 6.42 Å². The molecule has 2 unspecified atom stereocenters. The van der Waals surface area contributed by atoms with Crippen molar-refractivity contribution in [3.63, 3.8) is 0 Å². The predicted molar refractivity (Wildman–Crippen MR) is 81.4 cm³/mol. The van der Waals surface area contributed by atoms with E-state index in [1.54, 1.807) is 4.90 Å². The van der Waals surface area contributed by atoms with E-state index < -0.39 is 0 Å². The van der Waals surface area contributed by atoms with Gasteiger partial charge in [0.2, 0.25) is 0 Å². The second kappa shape index (κ2) is 6.76. The molecule has 1 N–H and O–H groups in total. The molecular formula is C15H30N4O. The third kappa shape index (κ3) is 3.64. The van der Waals surface area contributed by atoms with Gasteiger partial charge < -0.3 is 9.80 Å². The van der Waals surface area contributed by atoms with Crippen LogP contribution in [0.1, 0.15) is 46.0 Å². The minimum absolute atomic E-state index is 0.142. The summed E-state index contributed by atoms with van der Waals surface area (Å²) < 4.78 is 0. The Morgan fingerprint density at radius 2 is 1.60 bits per heavy atom. The lowest BCUT2D eigenvalue weighted by Gasteiger charge is -2.43. The van der Waals surface area contributed by atoms with Gasteiger partial charge in [-0.2, -0.15) is 0 Å². The van der Waals surface area contributed by atoms with Gasteiger partial charge in [0.1, 0.15) is 0 Å². The number of urea groups is 1. The maximum absolute atomic E-state index is 11.9. The van der Waals surface area contributed by atoms with Gasteiger partial charge in [0.25, 0.3) is 0 Å². The monoisotopic (exact) mass is 282 g/mol. The van der Waals surface area contributed by atoms with Crippen LogP contribution in [0.3, 0.4) is 0 Å². The fourth-order valence-electron chi connectivity index (χ4n) is 3.37. The average Bonchev–Trinajstić information content (AvgIpc) is 2.43. The molecule has 0 aromatic heterocycles. The van der Waals surface area contributed by atoms with Crippen molar-refractivity contribution >= 4 is 6.03 Å². The molecule has 5 nitrogen and oxygen atoms in total. The first-order valence-corrected chi connectivity index (χ1v) is 7.99. The Balaban J connectivity index is 1.80. The van der Waals surface area contributed by atoms with Crippen molar-refractivity contribution in [2.45, 2.75) is 64.1 Å². The normalized spacial score (nSPS) is 29.5. The van der Waals surface area contributed by atoms with Crippen molar-refractivity contribution in [2.24, 2.45) is 0 Å². The third-order valence-corrected chi connectivity index (χ3v) is 4.67. The maximum Gasteiger partial charge on any atom is 0.319 e. The SMILES string of the molecule is CC1CCCC(C)N1NC1CCN(C(=O)N(C)C)CC1. The molecule has 2 heterocycles. The summed E-state index contributed by atoms with van der Waals surface area (Å²) in [7, 11) is 3.65. The van der Waals surface area contributed by atoms with Gasteiger partial charge in [0, 0.05) is 45.3 Å².